The molecule has 1 amide bonds. The van der Waals surface area contributed by atoms with Crippen molar-refractivity contribution in [3.8, 4) is 0 Å². The molecule has 114 valence electrons. The summed E-state index contributed by atoms with van der Waals surface area (Å²) >= 11 is 1.52. The van der Waals surface area contributed by atoms with Crippen molar-refractivity contribution in [3.63, 3.8) is 0 Å². The fraction of sp³-hybridized carbons (Fsp3) is 0.235. The van der Waals surface area contributed by atoms with Gasteiger partial charge in [-0.2, -0.15) is 0 Å². The van der Waals surface area contributed by atoms with Gasteiger partial charge in [0.15, 0.2) is 0 Å². The number of carbonyl (C=O) groups is 1. The first kappa shape index (κ1) is 14.9. The van der Waals surface area contributed by atoms with Gasteiger partial charge in [-0.25, -0.2) is 0 Å². The Kier molecular flexibility index (Phi) is 3.85. The monoisotopic (exact) mass is 313 g/mol. The Balaban J connectivity index is 1.91. The molecule has 2 aromatic rings. The minimum absolute atomic E-state index is 0.0449. The third-order valence-corrected chi connectivity index (χ3v) is 4.84. The first-order valence-corrected chi connectivity index (χ1v) is 8.36. The molecule has 1 fully saturated rings. The lowest BCUT2D eigenvalue weighted by Gasteiger charge is -2.32. The van der Waals surface area contributed by atoms with Crippen LogP contribution in [0.25, 0.3) is 0 Å². The summed E-state index contributed by atoms with van der Waals surface area (Å²) in [5, 5.41) is 9.14. The standard InChI is InChI=1S/C17H19N3OS/c1-16(13-9-5-3-6-10-13)15(21)19-17(20-16,22-2)18-14-11-7-4-8-12-14/h3-12,18,20H,1-2H3,(H,19,21). The highest BCUT2D eigenvalue weighted by Crippen LogP contribution is 2.34. The van der Waals surface area contributed by atoms with E-state index in [1.165, 1.54) is 11.8 Å². The van der Waals surface area contributed by atoms with Gasteiger partial charge in [-0.3, -0.25) is 10.1 Å². The van der Waals surface area contributed by atoms with Crippen molar-refractivity contribution in [1.82, 2.24) is 10.6 Å². The SMILES string of the molecule is CSC1(Nc2ccccc2)NC(=O)C(C)(c2ccccc2)N1. The third-order valence-electron chi connectivity index (χ3n) is 3.92. The van der Waals surface area contributed by atoms with Crippen molar-refractivity contribution < 1.29 is 4.79 Å². The molecule has 0 spiro atoms. The summed E-state index contributed by atoms with van der Waals surface area (Å²) in [6, 6.07) is 19.6. The quantitative estimate of drug-likeness (QED) is 0.760. The Morgan fingerprint density at radius 1 is 1.00 bits per heavy atom. The van der Waals surface area contributed by atoms with Crippen LogP contribution < -0.4 is 16.0 Å². The highest BCUT2D eigenvalue weighted by Gasteiger charge is 2.52. The lowest BCUT2D eigenvalue weighted by molar-refractivity contribution is -0.124. The maximum atomic E-state index is 12.6. The molecule has 0 aromatic heterocycles. The van der Waals surface area contributed by atoms with E-state index in [-0.39, 0.29) is 5.91 Å². The van der Waals surface area contributed by atoms with E-state index in [9.17, 15) is 4.79 Å². The Hall–Kier alpha value is -1.98. The number of para-hydroxylation sites is 1. The van der Waals surface area contributed by atoms with Gasteiger partial charge in [-0.05, 0) is 30.9 Å². The highest BCUT2D eigenvalue weighted by molar-refractivity contribution is 8.00. The molecule has 2 atom stereocenters. The molecule has 5 heteroatoms. The van der Waals surface area contributed by atoms with E-state index in [1.807, 2.05) is 73.8 Å². The van der Waals surface area contributed by atoms with E-state index < -0.39 is 10.7 Å². The molecule has 1 aliphatic rings. The number of carbonyl (C=O) groups excluding carboxylic acids is 1. The van der Waals surface area contributed by atoms with Crippen LogP contribution in [0.1, 0.15) is 12.5 Å². The average Bonchev–Trinajstić information content (AvgIpc) is 2.82. The normalized spacial score (nSPS) is 27.5. The largest absolute Gasteiger partial charge is 0.342 e. The zero-order chi connectivity index (χ0) is 15.6. The van der Waals surface area contributed by atoms with Crippen LogP contribution >= 0.6 is 11.8 Å². The van der Waals surface area contributed by atoms with E-state index in [4.69, 9.17) is 0 Å². The van der Waals surface area contributed by atoms with Crippen molar-refractivity contribution in [2.75, 3.05) is 11.6 Å². The highest BCUT2D eigenvalue weighted by atomic mass is 32.2. The van der Waals surface area contributed by atoms with Crippen LogP contribution in [-0.4, -0.2) is 17.3 Å². The van der Waals surface area contributed by atoms with Gasteiger partial charge in [-0.1, -0.05) is 60.3 Å². The predicted molar refractivity (Wildman–Crippen MR) is 91.4 cm³/mol. The lowest BCUT2D eigenvalue weighted by Crippen LogP contribution is -2.55. The number of benzene rings is 2. The predicted octanol–water partition coefficient (Wildman–Crippen LogP) is 2.71. The molecule has 2 unspecified atom stereocenters. The molecule has 2 aromatic carbocycles. The molecule has 1 saturated heterocycles. The maximum absolute atomic E-state index is 12.6. The molecule has 0 saturated carbocycles. The molecule has 4 nitrogen and oxygen atoms in total. The van der Waals surface area contributed by atoms with E-state index in [0.29, 0.717) is 0 Å². The van der Waals surface area contributed by atoms with Gasteiger partial charge in [0.2, 0.25) is 11.0 Å². The minimum Gasteiger partial charge on any atom is -0.342 e. The van der Waals surface area contributed by atoms with E-state index in [0.717, 1.165) is 11.3 Å². The second-order valence-electron chi connectivity index (χ2n) is 5.45. The number of thioether (sulfide) groups is 1. The van der Waals surface area contributed by atoms with Gasteiger partial charge in [0.05, 0.1) is 0 Å². The summed E-state index contributed by atoms with van der Waals surface area (Å²) in [7, 11) is 0. The van der Waals surface area contributed by atoms with Gasteiger partial charge in [0.25, 0.3) is 0 Å². The molecule has 0 bridgehead atoms. The zero-order valence-electron chi connectivity index (χ0n) is 12.6. The topological polar surface area (TPSA) is 53.2 Å². The Bertz CT molecular complexity index is 664. The molecule has 0 aliphatic carbocycles. The minimum atomic E-state index is -0.772. The van der Waals surface area contributed by atoms with Crippen LogP contribution in [0.4, 0.5) is 5.69 Å². The number of nitrogens with one attached hydrogen (secondary N) is 3. The van der Waals surface area contributed by atoms with Crippen molar-refractivity contribution in [2.24, 2.45) is 0 Å². The van der Waals surface area contributed by atoms with Crippen LogP contribution in [-0.2, 0) is 10.3 Å². The smallest absolute Gasteiger partial charge is 0.248 e. The molecule has 22 heavy (non-hydrogen) atoms. The van der Waals surface area contributed by atoms with Gasteiger partial charge in [0.1, 0.15) is 5.54 Å². The van der Waals surface area contributed by atoms with Crippen molar-refractivity contribution in [2.45, 2.75) is 17.6 Å². The van der Waals surface area contributed by atoms with E-state index in [1.54, 1.807) is 0 Å². The van der Waals surface area contributed by atoms with Crippen LogP contribution in [0.2, 0.25) is 0 Å². The number of anilines is 1. The Labute approximate surface area is 134 Å². The molecular formula is C17H19N3OS. The number of rotatable bonds is 4. The summed E-state index contributed by atoms with van der Waals surface area (Å²) in [4.78, 5) is 12.6. The van der Waals surface area contributed by atoms with Crippen LogP contribution in [0, 0.1) is 0 Å². The summed E-state index contributed by atoms with van der Waals surface area (Å²) in [5.74, 6) is -0.0449. The Morgan fingerprint density at radius 2 is 1.59 bits per heavy atom. The van der Waals surface area contributed by atoms with Crippen molar-refractivity contribution in [3.05, 3.63) is 66.2 Å². The average molecular weight is 313 g/mol. The molecule has 3 N–H and O–H groups in total. The van der Waals surface area contributed by atoms with Crippen molar-refractivity contribution in [1.29, 1.82) is 0 Å². The summed E-state index contributed by atoms with van der Waals surface area (Å²) in [5.41, 5.74) is 1.12. The lowest BCUT2D eigenvalue weighted by atomic mass is 9.92. The molecule has 1 aliphatic heterocycles. The van der Waals surface area contributed by atoms with Gasteiger partial charge in [0, 0.05) is 5.69 Å². The third kappa shape index (κ3) is 2.58. The summed E-state index contributed by atoms with van der Waals surface area (Å²) in [6.07, 6.45) is 1.96. The zero-order valence-corrected chi connectivity index (χ0v) is 13.4. The number of hydrogen-bond acceptors (Lipinski definition) is 4. The summed E-state index contributed by atoms with van der Waals surface area (Å²) < 4.78 is 0. The van der Waals surface area contributed by atoms with Crippen LogP contribution in [0.3, 0.4) is 0 Å². The molecule has 3 rings (SSSR count). The van der Waals surface area contributed by atoms with E-state index >= 15 is 0 Å². The molecule has 0 radical (unpaired) electrons. The van der Waals surface area contributed by atoms with E-state index in [2.05, 4.69) is 16.0 Å². The second-order valence-corrected chi connectivity index (χ2v) is 6.47. The molecular weight excluding hydrogens is 294 g/mol. The number of amides is 1. The van der Waals surface area contributed by atoms with Crippen LogP contribution in [0.15, 0.2) is 60.7 Å². The fourth-order valence-electron chi connectivity index (χ4n) is 2.64. The van der Waals surface area contributed by atoms with Crippen molar-refractivity contribution >= 4 is 23.4 Å². The maximum Gasteiger partial charge on any atom is 0.248 e. The van der Waals surface area contributed by atoms with Gasteiger partial charge in [-0.15, -0.1) is 0 Å². The van der Waals surface area contributed by atoms with Gasteiger partial charge < -0.3 is 10.6 Å². The Morgan fingerprint density at radius 3 is 2.18 bits per heavy atom. The fourth-order valence-corrected chi connectivity index (χ4v) is 3.36. The summed E-state index contributed by atoms with van der Waals surface area (Å²) in [6.45, 7) is 1.91. The first-order chi connectivity index (χ1) is 10.6. The van der Waals surface area contributed by atoms with Crippen LogP contribution in [0.5, 0.6) is 0 Å². The first-order valence-electron chi connectivity index (χ1n) is 7.14. The molecule has 1 heterocycles. The van der Waals surface area contributed by atoms with Gasteiger partial charge >= 0.3 is 0 Å². The second kappa shape index (κ2) is 5.66. The number of hydrogen-bond donors (Lipinski definition) is 3.